The zero-order chi connectivity index (χ0) is 13.4. The van der Waals surface area contributed by atoms with Crippen molar-refractivity contribution >= 4 is 21.8 Å². The summed E-state index contributed by atoms with van der Waals surface area (Å²) in [5, 5.41) is 6.03. The smallest absolute Gasteiger partial charge is 0.252 e. The van der Waals surface area contributed by atoms with E-state index in [1.165, 1.54) is 0 Å². The molecule has 0 radical (unpaired) electrons. The Balaban J connectivity index is 2.32. The van der Waals surface area contributed by atoms with Gasteiger partial charge in [0.15, 0.2) is 0 Å². The van der Waals surface area contributed by atoms with Crippen LogP contribution in [0.5, 0.6) is 0 Å². The van der Waals surface area contributed by atoms with E-state index in [2.05, 4.69) is 26.6 Å². The first-order valence-corrected chi connectivity index (χ1v) is 6.68. The molecule has 0 bridgehead atoms. The maximum Gasteiger partial charge on any atom is 0.252 e. The summed E-state index contributed by atoms with van der Waals surface area (Å²) in [6.07, 6.45) is 0. The lowest BCUT2D eigenvalue weighted by atomic mass is 10.1. The Kier molecular flexibility index (Phi) is 6.93. The lowest BCUT2D eigenvalue weighted by Crippen LogP contribution is -2.33. The summed E-state index contributed by atoms with van der Waals surface area (Å²) in [5.74, 6) is -0.0598. The van der Waals surface area contributed by atoms with Crippen LogP contribution in [0.15, 0.2) is 22.7 Å². The van der Waals surface area contributed by atoms with E-state index in [0.717, 1.165) is 23.1 Å². The van der Waals surface area contributed by atoms with Crippen molar-refractivity contribution in [3.05, 3.63) is 33.8 Å². The Labute approximate surface area is 116 Å². The van der Waals surface area contributed by atoms with Crippen molar-refractivity contribution in [1.82, 2.24) is 10.6 Å². The standard InChI is InChI=1S/C13H19BrN2O2/c1-10-3-4-11(12(14)9-10)13(17)16-6-5-15-7-8-18-2/h3-4,9,15H,5-8H2,1-2H3,(H,16,17). The van der Waals surface area contributed by atoms with Crippen LogP contribution >= 0.6 is 15.9 Å². The Bertz CT molecular complexity index is 397. The quantitative estimate of drug-likeness (QED) is 0.754. The van der Waals surface area contributed by atoms with Crippen molar-refractivity contribution in [1.29, 1.82) is 0 Å². The molecule has 5 heteroatoms. The summed E-state index contributed by atoms with van der Waals surface area (Å²) < 4.78 is 5.74. The van der Waals surface area contributed by atoms with E-state index in [1.54, 1.807) is 7.11 Å². The summed E-state index contributed by atoms with van der Waals surface area (Å²) in [7, 11) is 1.67. The van der Waals surface area contributed by atoms with Gasteiger partial charge in [-0.25, -0.2) is 0 Å². The zero-order valence-corrected chi connectivity index (χ0v) is 12.3. The molecule has 0 aromatic heterocycles. The number of hydrogen-bond acceptors (Lipinski definition) is 3. The minimum absolute atomic E-state index is 0.0598. The van der Waals surface area contributed by atoms with Crippen LogP contribution in [0.3, 0.4) is 0 Å². The van der Waals surface area contributed by atoms with Gasteiger partial charge in [0.25, 0.3) is 5.91 Å². The van der Waals surface area contributed by atoms with Gasteiger partial charge < -0.3 is 15.4 Å². The third-order valence-corrected chi connectivity index (χ3v) is 3.10. The molecule has 1 amide bonds. The van der Waals surface area contributed by atoms with Crippen molar-refractivity contribution < 1.29 is 9.53 Å². The Morgan fingerprint density at radius 2 is 2.11 bits per heavy atom. The largest absolute Gasteiger partial charge is 0.383 e. The highest BCUT2D eigenvalue weighted by Gasteiger charge is 2.08. The number of nitrogens with one attached hydrogen (secondary N) is 2. The normalized spacial score (nSPS) is 10.4. The van der Waals surface area contributed by atoms with Gasteiger partial charge in [-0.2, -0.15) is 0 Å². The van der Waals surface area contributed by atoms with E-state index < -0.39 is 0 Å². The molecule has 0 atom stereocenters. The predicted octanol–water partition coefficient (Wildman–Crippen LogP) is 1.72. The average Bonchev–Trinajstić information content (AvgIpc) is 2.33. The molecule has 4 nitrogen and oxygen atoms in total. The molecular formula is C13H19BrN2O2. The topological polar surface area (TPSA) is 50.4 Å². The van der Waals surface area contributed by atoms with E-state index in [1.807, 2.05) is 25.1 Å². The minimum atomic E-state index is -0.0598. The molecule has 0 aliphatic rings. The van der Waals surface area contributed by atoms with Crippen LogP contribution in [-0.4, -0.2) is 39.3 Å². The first-order chi connectivity index (χ1) is 8.65. The second kappa shape index (κ2) is 8.24. The highest BCUT2D eigenvalue weighted by atomic mass is 79.9. The van der Waals surface area contributed by atoms with E-state index in [0.29, 0.717) is 18.7 Å². The molecule has 1 rings (SSSR count). The number of ether oxygens (including phenoxy) is 1. The number of aryl methyl sites for hydroxylation is 1. The fourth-order valence-electron chi connectivity index (χ4n) is 1.46. The van der Waals surface area contributed by atoms with Crippen LogP contribution in [-0.2, 0) is 4.74 Å². The van der Waals surface area contributed by atoms with Gasteiger partial charge in [0.2, 0.25) is 0 Å². The Morgan fingerprint density at radius 3 is 2.78 bits per heavy atom. The van der Waals surface area contributed by atoms with Crippen LogP contribution in [0.2, 0.25) is 0 Å². The van der Waals surface area contributed by atoms with Gasteiger partial charge in [0.1, 0.15) is 0 Å². The minimum Gasteiger partial charge on any atom is -0.383 e. The molecule has 0 spiro atoms. The average molecular weight is 315 g/mol. The van der Waals surface area contributed by atoms with E-state index in [4.69, 9.17) is 4.74 Å². The van der Waals surface area contributed by atoms with Gasteiger partial charge >= 0.3 is 0 Å². The van der Waals surface area contributed by atoms with Crippen molar-refractivity contribution in [2.24, 2.45) is 0 Å². The summed E-state index contributed by atoms with van der Waals surface area (Å²) in [5.41, 5.74) is 1.79. The SMILES string of the molecule is COCCNCCNC(=O)c1ccc(C)cc1Br. The maximum atomic E-state index is 11.9. The van der Waals surface area contributed by atoms with E-state index in [9.17, 15) is 4.79 Å². The number of hydrogen-bond donors (Lipinski definition) is 2. The number of carbonyl (C=O) groups is 1. The third-order valence-electron chi connectivity index (χ3n) is 2.44. The summed E-state index contributed by atoms with van der Waals surface area (Å²) in [6, 6.07) is 5.69. The van der Waals surface area contributed by atoms with Crippen LogP contribution < -0.4 is 10.6 Å². The zero-order valence-electron chi connectivity index (χ0n) is 10.8. The molecule has 18 heavy (non-hydrogen) atoms. The first kappa shape index (κ1) is 15.1. The van der Waals surface area contributed by atoms with Gasteiger partial charge in [-0.15, -0.1) is 0 Å². The molecule has 0 unspecified atom stereocenters. The molecule has 0 aliphatic carbocycles. The highest BCUT2D eigenvalue weighted by molar-refractivity contribution is 9.10. The van der Waals surface area contributed by atoms with Crippen molar-refractivity contribution in [3.8, 4) is 0 Å². The molecule has 0 saturated heterocycles. The number of rotatable bonds is 7. The van der Waals surface area contributed by atoms with Crippen molar-refractivity contribution in [2.75, 3.05) is 33.4 Å². The number of amides is 1. The summed E-state index contributed by atoms with van der Waals surface area (Å²) >= 11 is 3.40. The number of benzene rings is 1. The number of carbonyl (C=O) groups excluding carboxylic acids is 1. The molecule has 1 aromatic carbocycles. The van der Waals surface area contributed by atoms with Gasteiger partial charge in [-0.3, -0.25) is 4.79 Å². The maximum absolute atomic E-state index is 11.9. The molecular weight excluding hydrogens is 296 g/mol. The second-order valence-electron chi connectivity index (χ2n) is 3.98. The number of halogens is 1. The van der Waals surface area contributed by atoms with Gasteiger partial charge in [-0.1, -0.05) is 6.07 Å². The molecule has 0 aliphatic heterocycles. The van der Waals surface area contributed by atoms with Crippen LogP contribution in [0.25, 0.3) is 0 Å². The molecule has 0 heterocycles. The predicted molar refractivity (Wildman–Crippen MR) is 76.0 cm³/mol. The highest BCUT2D eigenvalue weighted by Crippen LogP contribution is 2.17. The van der Waals surface area contributed by atoms with Crippen LogP contribution in [0, 0.1) is 6.92 Å². The fourth-order valence-corrected chi connectivity index (χ4v) is 2.14. The Hall–Kier alpha value is -0.910. The molecule has 2 N–H and O–H groups in total. The molecule has 1 aromatic rings. The van der Waals surface area contributed by atoms with Gasteiger partial charge in [-0.05, 0) is 40.5 Å². The van der Waals surface area contributed by atoms with Gasteiger partial charge in [0, 0.05) is 31.2 Å². The van der Waals surface area contributed by atoms with Crippen LogP contribution in [0.1, 0.15) is 15.9 Å². The summed E-state index contributed by atoms with van der Waals surface area (Å²) in [4.78, 5) is 11.9. The van der Waals surface area contributed by atoms with Crippen molar-refractivity contribution in [3.63, 3.8) is 0 Å². The summed E-state index contributed by atoms with van der Waals surface area (Å²) in [6.45, 7) is 4.80. The lowest BCUT2D eigenvalue weighted by Gasteiger charge is -2.08. The lowest BCUT2D eigenvalue weighted by molar-refractivity contribution is 0.0953. The second-order valence-corrected chi connectivity index (χ2v) is 4.84. The molecule has 100 valence electrons. The monoisotopic (exact) mass is 314 g/mol. The fraction of sp³-hybridized carbons (Fsp3) is 0.462. The Morgan fingerprint density at radius 1 is 1.33 bits per heavy atom. The van der Waals surface area contributed by atoms with Gasteiger partial charge in [0.05, 0.1) is 12.2 Å². The number of methoxy groups -OCH3 is 1. The van der Waals surface area contributed by atoms with E-state index in [-0.39, 0.29) is 5.91 Å². The first-order valence-electron chi connectivity index (χ1n) is 5.89. The van der Waals surface area contributed by atoms with E-state index >= 15 is 0 Å². The molecule has 0 fully saturated rings. The van der Waals surface area contributed by atoms with Crippen molar-refractivity contribution in [2.45, 2.75) is 6.92 Å². The van der Waals surface area contributed by atoms with Crippen LogP contribution in [0.4, 0.5) is 0 Å². The molecule has 0 saturated carbocycles. The third kappa shape index (κ3) is 5.16.